The third kappa shape index (κ3) is 3.58. The standard InChI is InChI=1S/C20H18OS/c1-15-7-11-18(12-8-15)22-19-13-9-17(10-14-19)20(21)16-5-3-2-4-6-16/h2-3,5,7-14H,4,6H2,1H3. The highest BCUT2D eigenvalue weighted by atomic mass is 32.2. The van der Waals surface area contributed by atoms with Crippen LogP contribution in [0.25, 0.3) is 0 Å². The monoisotopic (exact) mass is 306 g/mol. The van der Waals surface area contributed by atoms with Gasteiger partial charge in [0.15, 0.2) is 5.78 Å². The van der Waals surface area contributed by atoms with E-state index in [9.17, 15) is 4.79 Å². The van der Waals surface area contributed by atoms with Crippen LogP contribution in [-0.2, 0) is 0 Å². The number of carbonyl (C=O) groups excluding carboxylic acids is 1. The first-order valence-electron chi connectivity index (χ1n) is 7.47. The normalized spacial score (nSPS) is 13.8. The van der Waals surface area contributed by atoms with Crippen molar-refractivity contribution in [2.45, 2.75) is 29.6 Å². The van der Waals surface area contributed by atoms with Crippen LogP contribution in [0.4, 0.5) is 0 Å². The zero-order chi connectivity index (χ0) is 15.4. The highest BCUT2D eigenvalue weighted by Gasteiger charge is 2.12. The van der Waals surface area contributed by atoms with E-state index in [0.29, 0.717) is 0 Å². The summed E-state index contributed by atoms with van der Waals surface area (Å²) in [5, 5.41) is 0. The van der Waals surface area contributed by atoms with Crippen LogP contribution in [-0.4, -0.2) is 5.78 Å². The molecule has 2 heteroatoms. The lowest BCUT2D eigenvalue weighted by Gasteiger charge is -2.08. The van der Waals surface area contributed by atoms with Gasteiger partial charge in [-0.05, 0) is 56.2 Å². The van der Waals surface area contributed by atoms with Crippen LogP contribution in [0, 0.1) is 6.92 Å². The van der Waals surface area contributed by atoms with E-state index in [1.54, 1.807) is 11.8 Å². The fourth-order valence-electron chi connectivity index (χ4n) is 2.39. The summed E-state index contributed by atoms with van der Waals surface area (Å²) >= 11 is 1.72. The van der Waals surface area contributed by atoms with Gasteiger partial charge in [0.05, 0.1) is 0 Å². The van der Waals surface area contributed by atoms with Gasteiger partial charge in [-0.1, -0.05) is 47.7 Å². The van der Waals surface area contributed by atoms with Crippen molar-refractivity contribution in [3.05, 3.63) is 83.5 Å². The lowest BCUT2D eigenvalue weighted by Crippen LogP contribution is -2.04. The van der Waals surface area contributed by atoms with Gasteiger partial charge in [0.25, 0.3) is 0 Å². The molecule has 110 valence electrons. The molecule has 0 amide bonds. The van der Waals surface area contributed by atoms with Crippen molar-refractivity contribution in [2.24, 2.45) is 0 Å². The number of hydrogen-bond donors (Lipinski definition) is 0. The minimum atomic E-state index is 0.149. The van der Waals surface area contributed by atoms with Crippen molar-refractivity contribution in [2.75, 3.05) is 0 Å². The molecule has 0 aromatic heterocycles. The Hall–Kier alpha value is -2.06. The fourth-order valence-corrected chi connectivity index (χ4v) is 3.21. The van der Waals surface area contributed by atoms with Gasteiger partial charge in [0.2, 0.25) is 0 Å². The van der Waals surface area contributed by atoms with E-state index in [1.165, 1.54) is 10.5 Å². The first-order chi connectivity index (χ1) is 10.7. The van der Waals surface area contributed by atoms with E-state index in [1.807, 2.05) is 36.4 Å². The van der Waals surface area contributed by atoms with Gasteiger partial charge in [-0.25, -0.2) is 0 Å². The molecule has 2 aromatic rings. The fraction of sp³-hybridized carbons (Fsp3) is 0.150. The average molecular weight is 306 g/mol. The van der Waals surface area contributed by atoms with Gasteiger partial charge in [-0.2, -0.15) is 0 Å². The largest absolute Gasteiger partial charge is 0.289 e. The van der Waals surface area contributed by atoms with Crippen LogP contribution in [0.5, 0.6) is 0 Å². The number of aryl methyl sites for hydroxylation is 1. The van der Waals surface area contributed by atoms with Gasteiger partial charge in [0.1, 0.15) is 0 Å². The molecule has 0 bridgehead atoms. The molecule has 3 rings (SSSR count). The van der Waals surface area contributed by atoms with E-state index in [0.717, 1.165) is 28.9 Å². The Morgan fingerprint density at radius 1 is 0.955 bits per heavy atom. The minimum Gasteiger partial charge on any atom is -0.289 e. The number of ketones is 1. The van der Waals surface area contributed by atoms with E-state index < -0.39 is 0 Å². The quantitative estimate of drug-likeness (QED) is 0.683. The molecule has 0 heterocycles. The molecule has 1 aliphatic rings. The Morgan fingerprint density at radius 2 is 1.59 bits per heavy atom. The Balaban J connectivity index is 1.72. The summed E-state index contributed by atoms with van der Waals surface area (Å²) in [5.74, 6) is 0.149. The second kappa shape index (κ2) is 6.80. The highest BCUT2D eigenvalue weighted by Crippen LogP contribution is 2.28. The molecule has 0 saturated heterocycles. The Morgan fingerprint density at radius 3 is 2.18 bits per heavy atom. The zero-order valence-electron chi connectivity index (χ0n) is 12.6. The predicted molar refractivity (Wildman–Crippen MR) is 92.5 cm³/mol. The smallest absolute Gasteiger partial charge is 0.189 e. The van der Waals surface area contributed by atoms with Crippen molar-refractivity contribution in [1.82, 2.24) is 0 Å². The van der Waals surface area contributed by atoms with Crippen molar-refractivity contribution >= 4 is 17.5 Å². The lowest BCUT2D eigenvalue weighted by atomic mass is 9.96. The second-order valence-electron chi connectivity index (χ2n) is 5.43. The van der Waals surface area contributed by atoms with Gasteiger partial charge in [-0.15, -0.1) is 0 Å². The van der Waals surface area contributed by atoms with E-state index in [2.05, 4.69) is 37.3 Å². The molecule has 0 aliphatic heterocycles. The van der Waals surface area contributed by atoms with Crippen LogP contribution in [0.1, 0.15) is 28.8 Å². The molecule has 0 fully saturated rings. The summed E-state index contributed by atoms with van der Waals surface area (Å²) in [6.07, 6.45) is 7.80. The Kier molecular flexibility index (Phi) is 4.59. The lowest BCUT2D eigenvalue weighted by molar-refractivity contribution is 0.103. The molecule has 0 radical (unpaired) electrons. The number of rotatable bonds is 4. The number of benzene rings is 2. The first-order valence-corrected chi connectivity index (χ1v) is 8.29. The third-order valence-corrected chi connectivity index (χ3v) is 4.69. The number of hydrogen-bond acceptors (Lipinski definition) is 2. The first kappa shape index (κ1) is 14.9. The summed E-state index contributed by atoms with van der Waals surface area (Å²) in [6.45, 7) is 2.09. The molecule has 0 atom stereocenters. The highest BCUT2D eigenvalue weighted by molar-refractivity contribution is 7.99. The molecule has 0 unspecified atom stereocenters. The molecule has 22 heavy (non-hydrogen) atoms. The predicted octanol–water partition coefficient (Wildman–Crippen LogP) is 5.61. The maximum absolute atomic E-state index is 12.4. The van der Waals surface area contributed by atoms with E-state index in [-0.39, 0.29) is 5.78 Å². The summed E-state index contributed by atoms with van der Waals surface area (Å²) in [5.41, 5.74) is 2.94. The van der Waals surface area contributed by atoms with Gasteiger partial charge in [0, 0.05) is 20.9 Å². The molecule has 0 N–H and O–H groups in total. The Labute approximate surface area is 135 Å². The molecule has 1 nitrogen and oxygen atoms in total. The average Bonchev–Trinajstić information content (AvgIpc) is 2.58. The van der Waals surface area contributed by atoms with E-state index in [4.69, 9.17) is 0 Å². The minimum absolute atomic E-state index is 0.149. The molecule has 2 aromatic carbocycles. The topological polar surface area (TPSA) is 17.1 Å². The van der Waals surface area contributed by atoms with E-state index >= 15 is 0 Å². The molecule has 0 spiro atoms. The van der Waals surface area contributed by atoms with Crippen molar-refractivity contribution in [3.63, 3.8) is 0 Å². The van der Waals surface area contributed by atoms with Gasteiger partial charge >= 0.3 is 0 Å². The molecular formula is C20H18OS. The SMILES string of the molecule is Cc1ccc(Sc2ccc(C(=O)C3=CC=CCC3)cc2)cc1. The number of allylic oxidation sites excluding steroid dienone is 4. The summed E-state index contributed by atoms with van der Waals surface area (Å²) < 4.78 is 0. The summed E-state index contributed by atoms with van der Waals surface area (Å²) in [6, 6.07) is 16.4. The maximum atomic E-state index is 12.4. The second-order valence-corrected chi connectivity index (χ2v) is 6.57. The third-order valence-electron chi connectivity index (χ3n) is 3.68. The molecule has 0 saturated carbocycles. The van der Waals surface area contributed by atoms with Crippen molar-refractivity contribution in [1.29, 1.82) is 0 Å². The summed E-state index contributed by atoms with van der Waals surface area (Å²) in [4.78, 5) is 14.8. The van der Waals surface area contributed by atoms with Gasteiger partial charge < -0.3 is 0 Å². The molecule has 1 aliphatic carbocycles. The Bertz CT molecular complexity index is 721. The van der Waals surface area contributed by atoms with Crippen molar-refractivity contribution in [3.8, 4) is 0 Å². The number of Topliss-reactive ketones (excluding diaryl/α,β-unsaturated/α-hetero) is 1. The zero-order valence-corrected chi connectivity index (χ0v) is 13.4. The molecular weight excluding hydrogens is 288 g/mol. The van der Waals surface area contributed by atoms with Crippen LogP contribution >= 0.6 is 11.8 Å². The van der Waals surface area contributed by atoms with Gasteiger partial charge in [-0.3, -0.25) is 4.79 Å². The van der Waals surface area contributed by atoms with Crippen LogP contribution in [0.3, 0.4) is 0 Å². The van der Waals surface area contributed by atoms with Crippen molar-refractivity contribution < 1.29 is 4.79 Å². The van der Waals surface area contributed by atoms with Crippen LogP contribution in [0.15, 0.2) is 82.1 Å². The van der Waals surface area contributed by atoms with Crippen LogP contribution in [0.2, 0.25) is 0 Å². The number of carbonyl (C=O) groups is 1. The summed E-state index contributed by atoms with van der Waals surface area (Å²) in [7, 11) is 0. The van der Waals surface area contributed by atoms with Crippen LogP contribution < -0.4 is 0 Å². The maximum Gasteiger partial charge on any atom is 0.189 e.